The van der Waals surface area contributed by atoms with Crippen molar-refractivity contribution in [2.24, 2.45) is 13.0 Å². The second kappa shape index (κ2) is 6.31. The van der Waals surface area contributed by atoms with Crippen LogP contribution in [0.2, 0.25) is 0 Å². The molecule has 1 aliphatic heterocycles. The van der Waals surface area contributed by atoms with Gasteiger partial charge in [-0.05, 0) is 43.9 Å². The van der Waals surface area contributed by atoms with Crippen molar-refractivity contribution < 1.29 is 0 Å². The maximum Gasteiger partial charge on any atom is 0.163 e. The summed E-state index contributed by atoms with van der Waals surface area (Å²) in [5, 5.41) is 8.83. The van der Waals surface area contributed by atoms with Gasteiger partial charge in [-0.1, -0.05) is 0 Å². The van der Waals surface area contributed by atoms with Gasteiger partial charge in [-0.25, -0.2) is 15.0 Å². The molecule has 0 saturated carbocycles. The Hall–Kier alpha value is -2.70. The van der Waals surface area contributed by atoms with Gasteiger partial charge < -0.3 is 10.2 Å². The molecule has 1 N–H and O–H groups in total. The molecule has 0 spiro atoms. The van der Waals surface area contributed by atoms with E-state index in [0.717, 1.165) is 54.5 Å². The zero-order valence-corrected chi connectivity index (χ0v) is 14.9. The van der Waals surface area contributed by atoms with E-state index < -0.39 is 0 Å². The number of aromatic nitrogens is 5. The van der Waals surface area contributed by atoms with Crippen LogP contribution in [0.15, 0.2) is 24.5 Å². The number of rotatable bonds is 4. The Morgan fingerprint density at radius 2 is 2.16 bits per heavy atom. The van der Waals surface area contributed by atoms with E-state index in [4.69, 9.17) is 0 Å². The Labute approximate surface area is 147 Å². The molecule has 0 bridgehead atoms. The summed E-state index contributed by atoms with van der Waals surface area (Å²) in [7, 11) is 1.92. The predicted molar refractivity (Wildman–Crippen MR) is 98.8 cm³/mol. The third-order valence-corrected chi connectivity index (χ3v) is 4.76. The van der Waals surface area contributed by atoms with E-state index in [1.807, 2.05) is 37.1 Å². The number of pyridine rings is 1. The van der Waals surface area contributed by atoms with E-state index in [-0.39, 0.29) is 0 Å². The van der Waals surface area contributed by atoms with Crippen LogP contribution in [-0.4, -0.2) is 44.4 Å². The lowest BCUT2D eigenvalue weighted by Gasteiger charge is -2.19. The highest BCUT2D eigenvalue weighted by Gasteiger charge is 2.26. The normalized spacial score (nSPS) is 17.4. The summed E-state index contributed by atoms with van der Waals surface area (Å²) in [5.41, 5.74) is 2.12. The summed E-state index contributed by atoms with van der Waals surface area (Å²) in [5.74, 6) is 3.32. The minimum Gasteiger partial charge on any atom is -0.370 e. The summed E-state index contributed by atoms with van der Waals surface area (Å²) in [4.78, 5) is 15.9. The maximum absolute atomic E-state index is 4.69. The second-order valence-corrected chi connectivity index (χ2v) is 6.80. The molecule has 0 unspecified atom stereocenters. The van der Waals surface area contributed by atoms with Crippen LogP contribution in [0, 0.1) is 19.8 Å². The van der Waals surface area contributed by atoms with Gasteiger partial charge in [0.25, 0.3) is 0 Å². The average molecular weight is 337 g/mol. The Morgan fingerprint density at radius 3 is 3.00 bits per heavy atom. The molecule has 4 heterocycles. The molecule has 130 valence electrons. The molecule has 0 aromatic carbocycles. The number of nitrogens with zero attached hydrogens (tertiary/aromatic N) is 6. The lowest BCUT2D eigenvalue weighted by Crippen LogP contribution is -2.24. The first-order valence-corrected chi connectivity index (χ1v) is 8.68. The van der Waals surface area contributed by atoms with Gasteiger partial charge in [0.05, 0.1) is 11.6 Å². The highest BCUT2D eigenvalue weighted by atomic mass is 15.3. The van der Waals surface area contributed by atoms with Crippen molar-refractivity contribution in [1.82, 2.24) is 24.7 Å². The SMILES string of the molecule is Cc1ccnc(NC[C@@H]2CCN(c3nc(C)nc4c3cnn4C)C2)c1. The third kappa shape index (κ3) is 3.14. The van der Waals surface area contributed by atoms with Crippen LogP contribution in [0.4, 0.5) is 11.6 Å². The molecule has 1 fully saturated rings. The molecule has 0 radical (unpaired) electrons. The van der Waals surface area contributed by atoms with Crippen molar-refractivity contribution in [3.05, 3.63) is 35.9 Å². The first kappa shape index (κ1) is 15.8. The molecule has 0 aliphatic carbocycles. The van der Waals surface area contributed by atoms with Crippen LogP contribution in [0.3, 0.4) is 0 Å². The topological polar surface area (TPSA) is 71.8 Å². The van der Waals surface area contributed by atoms with E-state index in [0.29, 0.717) is 5.92 Å². The first-order valence-electron chi connectivity index (χ1n) is 8.68. The Bertz CT molecular complexity index is 902. The zero-order chi connectivity index (χ0) is 17.4. The first-order chi connectivity index (χ1) is 12.1. The smallest absolute Gasteiger partial charge is 0.163 e. The molecule has 1 aliphatic rings. The van der Waals surface area contributed by atoms with Crippen LogP contribution in [-0.2, 0) is 7.05 Å². The zero-order valence-electron chi connectivity index (χ0n) is 14.9. The van der Waals surface area contributed by atoms with Gasteiger partial charge in [0.15, 0.2) is 5.65 Å². The standard InChI is InChI=1S/C18H23N7/c1-12-4-6-19-16(8-12)20-9-14-5-7-25(11-14)18-15-10-21-24(3)17(15)22-13(2)23-18/h4,6,8,10,14H,5,7,9,11H2,1-3H3,(H,19,20)/t14-/m0/s1. The van der Waals surface area contributed by atoms with Crippen LogP contribution in [0.25, 0.3) is 11.0 Å². The minimum atomic E-state index is 0.573. The number of hydrogen-bond acceptors (Lipinski definition) is 6. The molecule has 0 amide bonds. The van der Waals surface area contributed by atoms with Gasteiger partial charge in [0, 0.05) is 32.9 Å². The molecule has 4 rings (SSSR count). The quantitative estimate of drug-likeness (QED) is 0.788. The van der Waals surface area contributed by atoms with Gasteiger partial charge >= 0.3 is 0 Å². The van der Waals surface area contributed by atoms with Crippen molar-refractivity contribution in [2.45, 2.75) is 20.3 Å². The number of anilines is 2. The number of fused-ring (bicyclic) bond motifs is 1. The Morgan fingerprint density at radius 1 is 1.28 bits per heavy atom. The fourth-order valence-corrected chi connectivity index (χ4v) is 3.43. The monoisotopic (exact) mass is 337 g/mol. The van der Waals surface area contributed by atoms with Gasteiger partial charge in [0.2, 0.25) is 0 Å². The van der Waals surface area contributed by atoms with Gasteiger partial charge in [-0.3, -0.25) is 4.68 Å². The van der Waals surface area contributed by atoms with Crippen molar-refractivity contribution in [3.63, 3.8) is 0 Å². The van der Waals surface area contributed by atoms with E-state index in [1.54, 1.807) is 0 Å². The molecule has 1 saturated heterocycles. The van der Waals surface area contributed by atoms with Crippen molar-refractivity contribution in [3.8, 4) is 0 Å². The number of nitrogens with one attached hydrogen (secondary N) is 1. The molecule has 3 aromatic rings. The van der Waals surface area contributed by atoms with Crippen LogP contribution >= 0.6 is 0 Å². The Kier molecular flexibility index (Phi) is 3.99. The molecule has 1 atom stereocenters. The fraction of sp³-hybridized carbons (Fsp3) is 0.444. The summed E-state index contributed by atoms with van der Waals surface area (Å²) in [6.07, 6.45) is 4.86. The number of aryl methyl sites for hydroxylation is 3. The molecule has 25 heavy (non-hydrogen) atoms. The minimum absolute atomic E-state index is 0.573. The summed E-state index contributed by atoms with van der Waals surface area (Å²) >= 11 is 0. The largest absolute Gasteiger partial charge is 0.370 e. The van der Waals surface area contributed by atoms with Gasteiger partial charge in [0.1, 0.15) is 17.5 Å². The molecule has 7 heteroatoms. The van der Waals surface area contributed by atoms with E-state index >= 15 is 0 Å². The lowest BCUT2D eigenvalue weighted by molar-refractivity contribution is 0.621. The van der Waals surface area contributed by atoms with E-state index in [2.05, 4.69) is 43.3 Å². The van der Waals surface area contributed by atoms with Gasteiger partial charge in [-0.2, -0.15) is 5.10 Å². The van der Waals surface area contributed by atoms with E-state index in [1.165, 1.54) is 5.56 Å². The molecule has 7 nitrogen and oxygen atoms in total. The fourth-order valence-electron chi connectivity index (χ4n) is 3.43. The third-order valence-electron chi connectivity index (χ3n) is 4.76. The summed E-state index contributed by atoms with van der Waals surface area (Å²) in [6.45, 7) is 6.94. The van der Waals surface area contributed by atoms with Gasteiger partial charge in [-0.15, -0.1) is 0 Å². The Balaban J connectivity index is 1.47. The number of hydrogen-bond donors (Lipinski definition) is 1. The lowest BCUT2D eigenvalue weighted by atomic mass is 10.1. The van der Waals surface area contributed by atoms with Crippen molar-refractivity contribution in [1.29, 1.82) is 0 Å². The molecular weight excluding hydrogens is 314 g/mol. The summed E-state index contributed by atoms with van der Waals surface area (Å²) < 4.78 is 1.81. The van der Waals surface area contributed by atoms with Crippen LogP contribution in [0.1, 0.15) is 17.8 Å². The maximum atomic E-state index is 4.69. The molecular formula is C18H23N7. The second-order valence-electron chi connectivity index (χ2n) is 6.80. The van der Waals surface area contributed by atoms with Crippen LogP contribution in [0.5, 0.6) is 0 Å². The average Bonchev–Trinajstić information content (AvgIpc) is 3.20. The highest BCUT2D eigenvalue weighted by Crippen LogP contribution is 2.28. The highest BCUT2D eigenvalue weighted by molar-refractivity contribution is 5.87. The van der Waals surface area contributed by atoms with Crippen LogP contribution < -0.4 is 10.2 Å². The van der Waals surface area contributed by atoms with E-state index in [9.17, 15) is 0 Å². The van der Waals surface area contributed by atoms with Crippen molar-refractivity contribution >= 4 is 22.7 Å². The molecule has 3 aromatic heterocycles. The van der Waals surface area contributed by atoms with Crippen molar-refractivity contribution in [2.75, 3.05) is 29.9 Å². The predicted octanol–water partition coefficient (Wildman–Crippen LogP) is 2.31. The summed E-state index contributed by atoms with van der Waals surface area (Å²) in [6, 6.07) is 4.10.